The molecule has 1 unspecified atom stereocenters. The minimum Gasteiger partial charge on any atom is -0.332 e. The number of H-pyrrole nitrogens is 1. The molecule has 0 radical (unpaired) electrons. The summed E-state index contributed by atoms with van der Waals surface area (Å²) in [5.74, 6) is 1.69. The van der Waals surface area contributed by atoms with Crippen molar-refractivity contribution in [3.05, 3.63) is 51.6 Å². The number of hydrogen-bond acceptors (Lipinski definition) is 5. The first kappa shape index (κ1) is 15.5. The monoisotopic (exact) mass is 348 g/mol. The van der Waals surface area contributed by atoms with Crippen LogP contribution in [0.15, 0.2) is 33.7 Å². The molecule has 0 aromatic carbocycles. The number of aromatic nitrogens is 4. The number of nitrogens with zero attached hydrogens (tertiary/aromatic N) is 3. The molecule has 2 aliphatic carbocycles. The Hall–Kier alpha value is -2.76. The molecule has 2 aliphatic rings. The van der Waals surface area contributed by atoms with Gasteiger partial charge in [-0.25, -0.2) is 0 Å². The predicted octanol–water partition coefficient (Wildman–Crippen LogP) is 3.80. The van der Waals surface area contributed by atoms with Gasteiger partial charge in [-0.05, 0) is 73.3 Å². The molecule has 6 heteroatoms. The minimum absolute atomic E-state index is 0.162. The molecule has 1 saturated carbocycles. The van der Waals surface area contributed by atoms with Crippen molar-refractivity contribution in [2.75, 3.05) is 0 Å². The molecule has 1 N–H and O–H groups in total. The molecule has 1 fully saturated rings. The van der Waals surface area contributed by atoms with E-state index in [1.165, 1.54) is 24.0 Å². The maximum atomic E-state index is 12.5. The Labute approximate surface area is 150 Å². The zero-order chi connectivity index (χ0) is 17.7. The van der Waals surface area contributed by atoms with Crippen molar-refractivity contribution < 1.29 is 4.52 Å². The summed E-state index contributed by atoms with van der Waals surface area (Å²) in [5.41, 5.74) is 4.45. The fourth-order valence-electron chi connectivity index (χ4n) is 3.81. The van der Waals surface area contributed by atoms with E-state index in [0.29, 0.717) is 34.8 Å². The van der Waals surface area contributed by atoms with Crippen LogP contribution in [0.2, 0.25) is 0 Å². The molecule has 0 bridgehead atoms. The Morgan fingerprint density at radius 1 is 1.23 bits per heavy atom. The molecule has 3 heterocycles. The highest BCUT2D eigenvalue weighted by Crippen LogP contribution is 2.40. The molecule has 1 atom stereocenters. The van der Waals surface area contributed by atoms with Crippen molar-refractivity contribution >= 4 is 0 Å². The van der Waals surface area contributed by atoms with Crippen LogP contribution < -0.4 is 5.56 Å². The zero-order valence-electron chi connectivity index (χ0n) is 14.7. The lowest BCUT2D eigenvalue weighted by molar-refractivity contribution is 0.431. The number of aromatic amines is 1. The molecule has 0 aliphatic heterocycles. The molecule has 6 nitrogen and oxygen atoms in total. The van der Waals surface area contributed by atoms with Gasteiger partial charge in [0.2, 0.25) is 5.82 Å². The van der Waals surface area contributed by atoms with Crippen LogP contribution in [0.5, 0.6) is 0 Å². The van der Waals surface area contributed by atoms with Gasteiger partial charge >= 0.3 is 0 Å². The molecule has 0 saturated heterocycles. The first-order valence-electron chi connectivity index (χ1n) is 9.25. The zero-order valence-corrected chi connectivity index (χ0v) is 14.7. The summed E-state index contributed by atoms with van der Waals surface area (Å²) in [6.07, 6.45) is 7.44. The largest absolute Gasteiger partial charge is 0.332 e. The number of pyridine rings is 2. The molecule has 132 valence electrons. The lowest BCUT2D eigenvalue weighted by Gasteiger charge is -2.21. The molecule has 0 spiro atoms. The summed E-state index contributed by atoms with van der Waals surface area (Å²) in [5, 5.41) is 4.04. The van der Waals surface area contributed by atoms with Gasteiger partial charge in [0.1, 0.15) is 5.69 Å². The van der Waals surface area contributed by atoms with Gasteiger partial charge in [0, 0.05) is 11.9 Å². The van der Waals surface area contributed by atoms with E-state index in [4.69, 9.17) is 4.52 Å². The fraction of sp³-hybridized carbons (Fsp3) is 0.400. The average molecular weight is 348 g/mol. The topological polar surface area (TPSA) is 84.7 Å². The van der Waals surface area contributed by atoms with E-state index >= 15 is 0 Å². The van der Waals surface area contributed by atoms with E-state index in [1.54, 1.807) is 6.20 Å². The molecule has 3 aromatic rings. The van der Waals surface area contributed by atoms with Gasteiger partial charge in [-0.1, -0.05) is 12.1 Å². The first-order valence-corrected chi connectivity index (χ1v) is 9.25. The molecule has 3 aromatic heterocycles. The van der Waals surface area contributed by atoms with Crippen LogP contribution in [0.4, 0.5) is 0 Å². The van der Waals surface area contributed by atoms with E-state index in [0.717, 1.165) is 25.0 Å². The van der Waals surface area contributed by atoms with Gasteiger partial charge in [0.05, 0.1) is 5.56 Å². The summed E-state index contributed by atoms with van der Waals surface area (Å²) in [4.78, 5) is 24.4. The van der Waals surface area contributed by atoms with Gasteiger partial charge in [-0.2, -0.15) is 4.98 Å². The van der Waals surface area contributed by atoms with Gasteiger partial charge in [0.25, 0.3) is 11.4 Å². The van der Waals surface area contributed by atoms with Crippen molar-refractivity contribution in [1.82, 2.24) is 20.1 Å². The highest BCUT2D eigenvalue weighted by Gasteiger charge is 2.25. The molecule has 5 rings (SSSR count). The quantitative estimate of drug-likeness (QED) is 0.778. The van der Waals surface area contributed by atoms with E-state index in [-0.39, 0.29) is 5.56 Å². The van der Waals surface area contributed by atoms with Crippen LogP contribution >= 0.6 is 0 Å². The third kappa shape index (κ3) is 2.66. The second kappa shape index (κ2) is 5.90. The first-order chi connectivity index (χ1) is 12.7. The van der Waals surface area contributed by atoms with E-state index < -0.39 is 0 Å². The van der Waals surface area contributed by atoms with Crippen LogP contribution in [0, 0.1) is 0 Å². The Kier molecular flexibility index (Phi) is 3.51. The van der Waals surface area contributed by atoms with E-state index in [2.05, 4.69) is 27.0 Å². The number of aryl methyl sites for hydroxylation is 1. The Morgan fingerprint density at radius 2 is 2.12 bits per heavy atom. The fourth-order valence-corrected chi connectivity index (χ4v) is 3.81. The lowest BCUT2D eigenvalue weighted by Crippen LogP contribution is -2.19. The summed E-state index contributed by atoms with van der Waals surface area (Å²) >= 11 is 0. The van der Waals surface area contributed by atoms with E-state index in [1.807, 2.05) is 18.2 Å². The number of nitrogens with one attached hydrogen (secondary N) is 1. The summed E-state index contributed by atoms with van der Waals surface area (Å²) in [6.45, 7) is 2.15. The van der Waals surface area contributed by atoms with Crippen molar-refractivity contribution in [2.45, 2.75) is 50.9 Å². The van der Waals surface area contributed by atoms with Crippen LogP contribution in [0.3, 0.4) is 0 Å². The molecule has 0 amide bonds. The third-order valence-corrected chi connectivity index (χ3v) is 5.45. The highest BCUT2D eigenvalue weighted by molar-refractivity contribution is 5.59. The second-order valence-corrected chi connectivity index (χ2v) is 7.42. The van der Waals surface area contributed by atoms with Crippen molar-refractivity contribution in [1.29, 1.82) is 0 Å². The smallest absolute Gasteiger partial charge is 0.276 e. The average Bonchev–Trinajstić information content (AvgIpc) is 3.39. The number of fused-ring (bicyclic) bond motifs is 1. The van der Waals surface area contributed by atoms with Gasteiger partial charge < -0.3 is 9.51 Å². The maximum Gasteiger partial charge on any atom is 0.276 e. The number of rotatable bonds is 3. The minimum atomic E-state index is -0.162. The van der Waals surface area contributed by atoms with Gasteiger partial charge in [-0.3, -0.25) is 9.78 Å². The van der Waals surface area contributed by atoms with Crippen LogP contribution in [0.1, 0.15) is 61.3 Å². The molecular formula is C20H20N4O2. The lowest BCUT2D eigenvalue weighted by atomic mass is 9.87. The SMILES string of the molecule is CC1CCCc2cc(-c3noc(-c4cc(C5CC5)ccn4)n3)c(=O)[nH]c21. The van der Waals surface area contributed by atoms with Crippen LogP contribution in [-0.4, -0.2) is 20.1 Å². The third-order valence-electron chi connectivity index (χ3n) is 5.45. The summed E-state index contributed by atoms with van der Waals surface area (Å²) in [6, 6.07) is 5.97. The standard InChI is InChI=1S/C20H20N4O2/c1-11-3-2-4-14-9-15(19(25)22-17(11)14)18-23-20(26-24-18)16-10-13(7-8-21-16)12-5-6-12/h7-12H,2-6H2,1H3,(H,22,25). The summed E-state index contributed by atoms with van der Waals surface area (Å²) < 4.78 is 5.40. The van der Waals surface area contributed by atoms with Crippen LogP contribution in [0.25, 0.3) is 23.0 Å². The molecular weight excluding hydrogens is 328 g/mol. The van der Waals surface area contributed by atoms with Crippen molar-refractivity contribution in [3.63, 3.8) is 0 Å². The number of hydrogen-bond donors (Lipinski definition) is 1. The van der Waals surface area contributed by atoms with Crippen LogP contribution in [-0.2, 0) is 6.42 Å². The maximum absolute atomic E-state index is 12.5. The molecule has 26 heavy (non-hydrogen) atoms. The second-order valence-electron chi connectivity index (χ2n) is 7.42. The predicted molar refractivity (Wildman–Crippen MR) is 96.9 cm³/mol. The van der Waals surface area contributed by atoms with E-state index in [9.17, 15) is 4.79 Å². The summed E-state index contributed by atoms with van der Waals surface area (Å²) in [7, 11) is 0. The van der Waals surface area contributed by atoms with Crippen molar-refractivity contribution in [2.24, 2.45) is 0 Å². The Morgan fingerprint density at radius 3 is 2.96 bits per heavy atom. The van der Waals surface area contributed by atoms with Gasteiger partial charge in [0.15, 0.2) is 0 Å². The van der Waals surface area contributed by atoms with Gasteiger partial charge in [-0.15, -0.1) is 0 Å². The Balaban J connectivity index is 1.52. The highest BCUT2D eigenvalue weighted by atomic mass is 16.5. The normalized spacial score (nSPS) is 19.3. The van der Waals surface area contributed by atoms with Crippen molar-refractivity contribution in [3.8, 4) is 23.0 Å². The Bertz CT molecular complexity index is 1030.